The van der Waals surface area contributed by atoms with Gasteiger partial charge in [-0.05, 0) is 23.7 Å². The molecular formula is C10H6Cl2F2N4O2. The maximum Gasteiger partial charge on any atom is 0.400 e. The Labute approximate surface area is 121 Å². The standard InChI is InChI=1S/C10H6Cl2F2N4O2/c11-3-7(19)16-5-1-2-6(15-4-5)8-17-9(20-18-8)10(12,13)14/h1-2,4H,3H2,(H,16,19). The molecule has 2 heterocycles. The molecular weight excluding hydrogens is 317 g/mol. The highest BCUT2D eigenvalue weighted by atomic mass is 35.5. The van der Waals surface area contributed by atoms with E-state index in [1.54, 1.807) is 0 Å². The molecule has 0 atom stereocenters. The largest absolute Gasteiger partial charge is 0.400 e. The van der Waals surface area contributed by atoms with Gasteiger partial charge in [-0.3, -0.25) is 9.78 Å². The first-order valence-corrected chi connectivity index (χ1v) is 6.04. The first-order chi connectivity index (χ1) is 9.40. The highest BCUT2D eigenvalue weighted by Gasteiger charge is 2.35. The number of aromatic nitrogens is 3. The third kappa shape index (κ3) is 3.40. The first kappa shape index (κ1) is 14.6. The van der Waals surface area contributed by atoms with E-state index in [1.165, 1.54) is 18.3 Å². The number of halogens is 4. The molecule has 106 valence electrons. The van der Waals surface area contributed by atoms with Crippen molar-refractivity contribution in [1.29, 1.82) is 0 Å². The number of pyridine rings is 1. The van der Waals surface area contributed by atoms with Crippen LogP contribution in [-0.2, 0) is 10.2 Å². The van der Waals surface area contributed by atoms with Gasteiger partial charge >= 0.3 is 11.3 Å². The zero-order chi connectivity index (χ0) is 14.8. The van der Waals surface area contributed by atoms with E-state index in [4.69, 9.17) is 23.2 Å². The van der Waals surface area contributed by atoms with Gasteiger partial charge in [-0.25, -0.2) is 0 Å². The van der Waals surface area contributed by atoms with Crippen LogP contribution >= 0.6 is 23.2 Å². The molecule has 0 spiro atoms. The fourth-order valence-corrected chi connectivity index (χ4v) is 1.38. The third-order valence-corrected chi connectivity index (χ3v) is 2.47. The van der Waals surface area contributed by atoms with Gasteiger partial charge in [0, 0.05) is 0 Å². The average molecular weight is 323 g/mol. The molecule has 0 aliphatic rings. The van der Waals surface area contributed by atoms with E-state index in [2.05, 4.69) is 25.0 Å². The van der Waals surface area contributed by atoms with E-state index in [-0.39, 0.29) is 17.4 Å². The van der Waals surface area contributed by atoms with Crippen LogP contribution in [0.2, 0.25) is 0 Å². The van der Waals surface area contributed by atoms with Gasteiger partial charge in [0.15, 0.2) is 0 Å². The van der Waals surface area contributed by atoms with E-state index < -0.39 is 17.2 Å². The van der Waals surface area contributed by atoms with Crippen LogP contribution in [0.1, 0.15) is 5.89 Å². The van der Waals surface area contributed by atoms with Crippen LogP contribution < -0.4 is 5.32 Å². The van der Waals surface area contributed by atoms with Gasteiger partial charge in [-0.2, -0.15) is 13.8 Å². The molecule has 0 unspecified atom stereocenters. The highest BCUT2D eigenvalue weighted by molar-refractivity contribution is 6.29. The number of nitrogens with one attached hydrogen (secondary N) is 1. The van der Waals surface area contributed by atoms with Crippen LogP contribution in [0.15, 0.2) is 22.9 Å². The molecule has 1 N–H and O–H groups in total. The van der Waals surface area contributed by atoms with Crippen molar-refractivity contribution < 1.29 is 18.1 Å². The Kier molecular flexibility index (Phi) is 4.15. The van der Waals surface area contributed by atoms with Crippen molar-refractivity contribution in [3.63, 3.8) is 0 Å². The molecule has 2 aromatic rings. The number of alkyl halides is 4. The number of carbonyl (C=O) groups excluding carboxylic acids is 1. The van der Waals surface area contributed by atoms with Crippen molar-refractivity contribution in [3.05, 3.63) is 24.2 Å². The molecule has 0 saturated heterocycles. The zero-order valence-corrected chi connectivity index (χ0v) is 11.1. The fourth-order valence-electron chi connectivity index (χ4n) is 1.24. The van der Waals surface area contributed by atoms with Gasteiger partial charge in [-0.15, -0.1) is 11.6 Å². The summed E-state index contributed by atoms with van der Waals surface area (Å²) in [7, 11) is 0. The van der Waals surface area contributed by atoms with Crippen molar-refractivity contribution >= 4 is 34.8 Å². The second kappa shape index (κ2) is 5.68. The normalized spacial score (nSPS) is 11.4. The summed E-state index contributed by atoms with van der Waals surface area (Å²) >= 11 is 10.1. The number of rotatable bonds is 4. The highest BCUT2D eigenvalue weighted by Crippen LogP contribution is 2.31. The number of amides is 1. The minimum Gasteiger partial charge on any atom is -0.331 e. The van der Waals surface area contributed by atoms with Gasteiger partial charge in [0.25, 0.3) is 0 Å². The molecule has 6 nitrogen and oxygen atoms in total. The maximum absolute atomic E-state index is 12.7. The lowest BCUT2D eigenvalue weighted by Crippen LogP contribution is -2.12. The van der Waals surface area contributed by atoms with Crippen LogP contribution in [0.3, 0.4) is 0 Å². The molecule has 0 aliphatic heterocycles. The van der Waals surface area contributed by atoms with Gasteiger partial charge < -0.3 is 9.84 Å². The predicted molar refractivity (Wildman–Crippen MR) is 66.6 cm³/mol. The Bertz CT molecular complexity index is 612. The smallest absolute Gasteiger partial charge is 0.331 e. The monoisotopic (exact) mass is 322 g/mol. The lowest BCUT2D eigenvalue weighted by molar-refractivity contribution is -0.113. The summed E-state index contributed by atoms with van der Waals surface area (Å²) in [6, 6.07) is 2.91. The Balaban J connectivity index is 2.18. The quantitative estimate of drug-likeness (QED) is 0.875. The number of hydrogen-bond donors (Lipinski definition) is 1. The van der Waals surface area contributed by atoms with Gasteiger partial charge in [0.2, 0.25) is 11.7 Å². The van der Waals surface area contributed by atoms with E-state index >= 15 is 0 Å². The second-order valence-corrected chi connectivity index (χ2v) is 4.28. The Hall–Kier alpha value is -1.80. The molecule has 0 bridgehead atoms. The Morgan fingerprint density at radius 3 is 2.70 bits per heavy atom. The lowest BCUT2D eigenvalue weighted by Gasteiger charge is -2.02. The van der Waals surface area contributed by atoms with Crippen LogP contribution in [-0.4, -0.2) is 26.9 Å². The molecule has 0 fully saturated rings. The molecule has 2 rings (SSSR count). The van der Waals surface area contributed by atoms with Gasteiger partial charge in [0.1, 0.15) is 11.6 Å². The van der Waals surface area contributed by atoms with Crippen molar-refractivity contribution in [3.8, 4) is 11.5 Å². The average Bonchev–Trinajstić information content (AvgIpc) is 2.89. The third-order valence-electron chi connectivity index (χ3n) is 2.07. The summed E-state index contributed by atoms with van der Waals surface area (Å²) in [6.07, 6.45) is 1.30. The van der Waals surface area contributed by atoms with Crippen LogP contribution in [0, 0.1) is 0 Å². The minimum absolute atomic E-state index is 0.143. The minimum atomic E-state index is -3.74. The summed E-state index contributed by atoms with van der Waals surface area (Å²) in [5, 5.41) is 2.06. The van der Waals surface area contributed by atoms with Gasteiger partial charge in [0.05, 0.1) is 11.9 Å². The molecule has 1 amide bonds. The van der Waals surface area contributed by atoms with E-state index in [0.29, 0.717) is 5.69 Å². The number of nitrogens with zero attached hydrogens (tertiary/aromatic N) is 3. The van der Waals surface area contributed by atoms with Crippen molar-refractivity contribution in [2.45, 2.75) is 5.38 Å². The second-order valence-electron chi connectivity index (χ2n) is 3.53. The zero-order valence-electron chi connectivity index (χ0n) is 9.61. The van der Waals surface area contributed by atoms with Crippen molar-refractivity contribution in [2.24, 2.45) is 0 Å². The SMILES string of the molecule is O=C(CCl)Nc1ccc(-c2noc(C(F)(F)Cl)n2)nc1. The van der Waals surface area contributed by atoms with Gasteiger partial charge in [-0.1, -0.05) is 5.16 Å². The number of carbonyl (C=O) groups is 1. The lowest BCUT2D eigenvalue weighted by atomic mass is 10.3. The van der Waals surface area contributed by atoms with E-state index in [0.717, 1.165) is 0 Å². The van der Waals surface area contributed by atoms with E-state index in [1.807, 2.05) is 0 Å². The molecule has 0 aliphatic carbocycles. The van der Waals surface area contributed by atoms with Crippen molar-refractivity contribution in [1.82, 2.24) is 15.1 Å². The van der Waals surface area contributed by atoms with Crippen LogP contribution in [0.4, 0.5) is 14.5 Å². The maximum atomic E-state index is 12.7. The molecule has 0 aromatic carbocycles. The van der Waals surface area contributed by atoms with Crippen molar-refractivity contribution in [2.75, 3.05) is 11.2 Å². The Morgan fingerprint density at radius 2 is 2.20 bits per heavy atom. The molecule has 10 heteroatoms. The molecule has 0 radical (unpaired) electrons. The van der Waals surface area contributed by atoms with Crippen LogP contribution in [0.5, 0.6) is 0 Å². The predicted octanol–water partition coefficient (Wildman–Crippen LogP) is 2.60. The fraction of sp³-hybridized carbons (Fsp3) is 0.200. The summed E-state index contributed by atoms with van der Waals surface area (Å²) < 4.78 is 29.8. The van der Waals surface area contributed by atoms with E-state index in [9.17, 15) is 13.6 Å². The molecule has 20 heavy (non-hydrogen) atoms. The summed E-state index contributed by atoms with van der Waals surface area (Å²) in [4.78, 5) is 18.4. The summed E-state index contributed by atoms with van der Waals surface area (Å²) in [5.74, 6) is -1.75. The Morgan fingerprint density at radius 1 is 1.45 bits per heavy atom. The molecule has 0 saturated carbocycles. The van der Waals surface area contributed by atoms with Crippen LogP contribution in [0.25, 0.3) is 11.5 Å². The summed E-state index contributed by atoms with van der Waals surface area (Å²) in [5.41, 5.74) is 0.579. The topological polar surface area (TPSA) is 80.9 Å². The molecule has 2 aromatic heterocycles. The first-order valence-electron chi connectivity index (χ1n) is 5.13. The number of hydrogen-bond acceptors (Lipinski definition) is 5. The summed E-state index contributed by atoms with van der Waals surface area (Å²) in [6.45, 7) is 0. The number of anilines is 1.